The van der Waals surface area contributed by atoms with Crippen LogP contribution in [0.5, 0.6) is 5.75 Å². The number of hydrogen-bond acceptors (Lipinski definition) is 5. The average Bonchev–Trinajstić information content (AvgIpc) is 2.95. The van der Waals surface area contributed by atoms with Crippen molar-refractivity contribution in [2.45, 2.75) is 13.5 Å². The number of carbonyl (C=O) groups excluding carboxylic acids is 1. The monoisotopic (exact) mass is 361 g/mol. The van der Waals surface area contributed by atoms with Crippen LogP contribution in [0.15, 0.2) is 45.6 Å². The number of aromatic nitrogens is 2. The van der Waals surface area contributed by atoms with Gasteiger partial charge in [0, 0.05) is 0 Å². The van der Waals surface area contributed by atoms with Gasteiger partial charge in [-0.3, -0.25) is 4.79 Å². The van der Waals surface area contributed by atoms with Gasteiger partial charge < -0.3 is 14.9 Å². The molecular weight excluding hydrogens is 348 g/mol. The molecule has 0 spiro atoms. The summed E-state index contributed by atoms with van der Waals surface area (Å²) < 4.78 is 38.7. The second-order valence-electron chi connectivity index (χ2n) is 5.35. The smallest absolute Gasteiger partial charge is 0.442 e. The van der Waals surface area contributed by atoms with Gasteiger partial charge in [-0.05, 0) is 30.7 Å². The number of halogens is 2. The van der Waals surface area contributed by atoms with Crippen LogP contribution in [0, 0.1) is 18.6 Å². The number of aryl methyl sites for hydroxylation is 1. The number of nitrogens with zero attached hydrogens (tertiary/aromatic N) is 2. The molecule has 1 aromatic heterocycles. The van der Waals surface area contributed by atoms with Crippen LogP contribution in [0.1, 0.15) is 21.8 Å². The van der Waals surface area contributed by atoms with Crippen molar-refractivity contribution in [3.8, 4) is 11.4 Å². The molecule has 0 atom stereocenters. The number of amides is 1. The summed E-state index contributed by atoms with van der Waals surface area (Å²) in [7, 11) is 0. The molecule has 0 saturated heterocycles. The molecule has 1 amide bonds. The maximum Gasteiger partial charge on any atom is 0.442 e. The highest BCUT2D eigenvalue weighted by Gasteiger charge is 2.20. The number of carbonyl (C=O) groups is 1. The van der Waals surface area contributed by atoms with E-state index in [1.54, 1.807) is 25.1 Å². The van der Waals surface area contributed by atoms with Crippen LogP contribution in [0.3, 0.4) is 0 Å². The van der Waals surface area contributed by atoms with Gasteiger partial charge in [0.15, 0.2) is 18.2 Å². The highest BCUT2D eigenvalue weighted by molar-refractivity contribution is 5.93. The van der Waals surface area contributed by atoms with Gasteiger partial charge >= 0.3 is 5.76 Å². The Morgan fingerprint density at radius 1 is 1.27 bits per heavy atom. The van der Waals surface area contributed by atoms with Gasteiger partial charge in [-0.25, -0.2) is 13.6 Å². The van der Waals surface area contributed by atoms with Crippen molar-refractivity contribution in [3.05, 3.63) is 75.6 Å². The Morgan fingerprint density at radius 3 is 2.69 bits per heavy atom. The Labute approximate surface area is 145 Å². The van der Waals surface area contributed by atoms with Crippen molar-refractivity contribution >= 4 is 5.91 Å². The number of hydrogen-bond donors (Lipinski definition) is 1. The van der Waals surface area contributed by atoms with Gasteiger partial charge in [0.1, 0.15) is 11.4 Å². The van der Waals surface area contributed by atoms with E-state index in [0.717, 1.165) is 22.4 Å². The molecule has 0 aliphatic heterocycles. The minimum Gasteiger partial charge on any atom is -0.481 e. The number of rotatable bonds is 5. The fraction of sp³-hybridized carbons (Fsp3) is 0.118. The van der Waals surface area contributed by atoms with Crippen LogP contribution in [0.25, 0.3) is 5.69 Å². The molecule has 3 aromatic rings. The lowest BCUT2D eigenvalue weighted by Crippen LogP contribution is -2.16. The fourth-order valence-electron chi connectivity index (χ4n) is 2.34. The van der Waals surface area contributed by atoms with Gasteiger partial charge in [0.2, 0.25) is 0 Å². The van der Waals surface area contributed by atoms with Crippen molar-refractivity contribution in [2.24, 2.45) is 5.73 Å². The topological polar surface area (TPSA) is 100 Å². The van der Waals surface area contributed by atoms with Crippen LogP contribution < -0.4 is 16.2 Å². The summed E-state index contributed by atoms with van der Waals surface area (Å²) in [6.07, 6.45) is 0. The molecular formula is C17H13F2N3O4. The van der Waals surface area contributed by atoms with E-state index >= 15 is 0 Å². The van der Waals surface area contributed by atoms with Gasteiger partial charge in [-0.15, -0.1) is 5.10 Å². The highest BCUT2D eigenvalue weighted by Crippen LogP contribution is 2.23. The summed E-state index contributed by atoms with van der Waals surface area (Å²) in [5.41, 5.74) is 5.36. The van der Waals surface area contributed by atoms with E-state index in [4.69, 9.17) is 14.9 Å². The predicted octanol–water partition coefficient (Wildman–Crippen LogP) is 2.09. The zero-order valence-corrected chi connectivity index (χ0v) is 13.5. The van der Waals surface area contributed by atoms with Gasteiger partial charge in [-0.1, -0.05) is 18.2 Å². The van der Waals surface area contributed by atoms with E-state index < -0.39 is 41.2 Å². The summed E-state index contributed by atoms with van der Waals surface area (Å²) >= 11 is 0. The van der Waals surface area contributed by atoms with Crippen LogP contribution in [0.4, 0.5) is 8.78 Å². The first-order valence-electron chi connectivity index (χ1n) is 7.44. The maximum absolute atomic E-state index is 14.1. The SMILES string of the molecule is Cc1ccccc1-n1nc(COc2ccc(F)c(C(N)=O)c2F)oc1=O. The normalized spacial score (nSPS) is 10.7. The van der Waals surface area contributed by atoms with Crippen LogP contribution in [0.2, 0.25) is 0 Å². The second-order valence-corrected chi connectivity index (χ2v) is 5.35. The summed E-state index contributed by atoms with van der Waals surface area (Å²) in [5.74, 6) is -4.89. The van der Waals surface area contributed by atoms with E-state index in [-0.39, 0.29) is 5.89 Å². The lowest BCUT2D eigenvalue weighted by molar-refractivity contribution is 0.0991. The number of primary amides is 1. The molecule has 2 N–H and O–H groups in total. The third-order valence-electron chi connectivity index (χ3n) is 3.59. The molecule has 134 valence electrons. The van der Waals surface area contributed by atoms with Crippen LogP contribution >= 0.6 is 0 Å². The fourth-order valence-corrected chi connectivity index (χ4v) is 2.34. The third-order valence-corrected chi connectivity index (χ3v) is 3.59. The lowest BCUT2D eigenvalue weighted by Gasteiger charge is -2.07. The Kier molecular flexibility index (Phi) is 4.53. The molecule has 7 nitrogen and oxygen atoms in total. The molecule has 0 aliphatic carbocycles. The van der Waals surface area contributed by atoms with Crippen molar-refractivity contribution < 1.29 is 22.7 Å². The minimum atomic E-state index is -1.26. The molecule has 0 aliphatic rings. The van der Waals surface area contributed by atoms with Gasteiger partial charge in [0.25, 0.3) is 11.8 Å². The van der Waals surface area contributed by atoms with E-state index in [9.17, 15) is 18.4 Å². The van der Waals surface area contributed by atoms with Crippen molar-refractivity contribution in [1.82, 2.24) is 9.78 Å². The van der Waals surface area contributed by atoms with Crippen LogP contribution in [-0.2, 0) is 6.61 Å². The number of benzene rings is 2. The third kappa shape index (κ3) is 3.18. The van der Waals surface area contributed by atoms with E-state index in [1.807, 2.05) is 6.07 Å². The molecule has 0 saturated carbocycles. The van der Waals surface area contributed by atoms with E-state index in [0.29, 0.717) is 5.69 Å². The Morgan fingerprint density at radius 2 is 2.00 bits per heavy atom. The van der Waals surface area contributed by atoms with Crippen molar-refractivity contribution in [3.63, 3.8) is 0 Å². The largest absolute Gasteiger partial charge is 0.481 e. The quantitative estimate of drug-likeness (QED) is 0.750. The first kappa shape index (κ1) is 17.3. The maximum atomic E-state index is 14.1. The predicted molar refractivity (Wildman–Crippen MR) is 86.0 cm³/mol. The summed E-state index contributed by atoms with van der Waals surface area (Å²) in [6, 6.07) is 8.86. The highest BCUT2D eigenvalue weighted by atomic mass is 19.1. The summed E-state index contributed by atoms with van der Waals surface area (Å²) in [6.45, 7) is 1.39. The van der Waals surface area contributed by atoms with Crippen LogP contribution in [-0.4, -0.2) is 15.7 Å². The average molecular weight is 361 g/mol. The van der Waals surface area contributed by atoms with Gasteiger partial charge in [-0.2, -0.15) is 4.68 Å². The zero-order valence-electron chi connectivity index (χ0n) is 13.5. The Balaban J connectivity index is 1.85. The molecule has 9 heteroatoms. The molecule has 2 aromatic carbocycles. The van der Waals surface area contributed by atoms with Gasteiger partial charge in [0.05, 0.1) is 5.69 Å². The summed E-state index contributed by atoms with van der Waals surface area (Å²) in [4.78, 5) is 23.1. The second kappa shape index (κ2) is 6.79. The molecule has 3 rings (SSSR count). The first-order chi connectivity index (χ1) is 12.4. The molecule has 0 bridgehead atoms. The number of ether oxygens (including phenoxy) is 1. The molecule has 1 heterocycles. The number of para-hydroxylation sites is 1. The number of nitrogens with two attached hydrogens (primary N) is 1. The van der Waals surface area contributed by atoms with E-state index in [2.05, 4.69) is 5.10 Å². The summed E-state index contributed by atoms with van der Waals surface area (Å²) in [5, 5.41) is 3.99. The zero-order chi connectivity index (χ0) is 18.8. The van der Waals surface area contributed by atoms with E-state index in [1.165, 1.54) is 0 Å². The molecule has 26 heavy (non-hydrogen) atoms. The molecule has 0 radical (unpaired) electrons. The van der Waals surface area contributed by atoms with Crippen molar-refractivity contribution in [1.29, 1.82) is 0 Å². The Hall–Kier alpha value is -3.49. The van der Waals surface area contributed by atoms with Crippen molar-refractivity contribution in [2.75, 3.05) is 0 Å². The Bertz CT molecular complexity index is 1040. The first-order valence-corrected chi connectivity index (χ1v) is 7.44. The molecule has 0 fully saturated rings. The molecule has 0 unspecified atom stereocenters. The standard InChI is InChI=1S/C17H13F2N3O4/c1-9-4-2-3-5-11(9)22-17(24)26-13(21-22)8-25-12-7-6-10(18)14(15(12)19)16(20)23/h2-7H,8H2,1H3,(H2,20,23). The minimum absolute atomic E-state index is 0.123. The lowest BCUT2D eigenvalue weighted by atomic mass is 10.1.